The molecule has 0 atom stereocenters. The molecule has 2 nitrogen and oxygen atoms in total. The van der Waals surface area contributed by atoms with E-state index in [-0.39, 0.29) is 11.6 Å². The summed E-state index contributed by atoms with van der Waals surface area (Å²) in [4.78, 5) is 1.73. The topological polar surface area (TPSA) is 23.5 Å². The average molecular weight is 353 g/mol. The molecule has 0 aliphatic heterocycles. The van der Waals surface area contributed by atoms with Crippen LogP contribution in [0.25, 0.3) is 11.1 Å². The number of anilines is 2. The Balaban J connectivity index is 2.18. The van der Waals surface area contributed by atoms with Crippen molar-refractivity contribution < 1.29 is 13.9 Å². The third-order valence-electron chi connectivity index (χ3n) is 4.85. The summed E-state index contributed by atoms with van der Waals surface area (Å²) >= 11 is 0. The van der Waals surface area contributed by atoms with E-state index in [2.05, 4.69) is 0 Å². The Labute approximate surface area is 152 Å². The van der Waals surface area contributed by atoms with Crippen LogP contribution in [0.3, 0.4) is 0 Å². The van der Waals surface area contributed by atoms with Gasteiger partial charge in [0.25, 0.3) is 0 Å². The molecule has 26 heavy (non-hydrogen) atoms. The minimum absolute atomic E-state index is 0.0453. The van der Waals surface area contributed by atoms with Gasteiger partial charge in [0.2, 0.25) is 0 Å². The summed E-state index contributed by atoms with van der Waals surface area (Å²) < 4.78 is 28.1. The van der Waals surface area contributed by atoms with Gasteiger partial charge in [-0.2, -0.15) is 0 Å². The highest BCUT2D eigenvalue weighted by atomic mass is 19.1. The van der Waals surface area contributed by atoms with E-state index < -0.39 is 5.82 Å². The molecule has 0 heterocycles. The van der Waals surface area contributed by atoms with Gasteiger partial charge in [-0.3, -0.25) is 0 Å². The Bertz CT molecular complexity index is 982. The van der Waals surface area contributed by atoms with Crippen molar-refractivity contribution >= 4 is 11.4 Å². The molecule has 0 radical (unpaired) electrons. The summed E-state index contributed by atoms with van der Waals surface area (Å²) in [5.41, 5.74) is 5.23. The number of phenolic OH excluding ortho intramolecular Hbond substituents is 1. The molecule has 0 unspecified atom stereocenters. The Morgan fingerprint density at radius 2 is 1.58 bits per heavy atom. The number of phenols is 1. The van der Waals surface area contributed by atoms with Gasteiger partial charge in [-0.15, -0.1) is 0 Å². The van der Waals surface area contributed by atoms with Crippen molar-refractivity contribution in [2.75, 3.05) is 11.9 Å². The van der Waals surface area contributed by atoms with E-state index >= 15 is 0 Å². The van der Waals surface area contributed by atoms with Crippen molar-refractivity contribution in [1.82, 2.24) is 0 Å². The number of rotatable bonds is 3. The van der Waals surface area contributed by atoms with Crippen LogP contribution in [-0.4, -0.2) is 12.2 Å². The van der Waals surface area contributed by atoms with Crippen LogP contribution in [0.2, 0.25) is 0 Å². The number of hydrogen-bond donors (Lipinski definition) is 1. The van der Waals surface area contributed by atoms with Crippen molar-refractivity contribution in [3.63, 3.8) is 0 Å². The summed E-state index contributed by atoms with van der Waals surface area (Å²) in [6.45, 7) is 5.62. The molecule has 0 saturated carbocycles. The minimum atomic E-state index is -0.406. The summed E-state index contributed by atoms with van der Waals surface area (Å²) in [7, 11) is 1.77. The molecule has 3 aromatic carbocycles. The van der Waals surface area contributed by atoms with Gasteiger partial charge in [0.1, 0.15) is 17.4 Å². The van der Waals surface area contributed by atoms with Gasteiger partial charge in [0, 0.05) is 18.3 Å². The second-order valence-electron chi connectivity index (χ2n) is 6.55. The molecule has 4 heteroatoms. The third kappa shape index (κ3) is 3.15. The van der Waals surface area contributed by atoms with Crippen molar-refractivity contribution in [2.45, 2.75) is 20.8 Å². The van der Waals surface area contributed by atoms with Gasteiger partial charge < -0.3 is 10.0 Å². The Kier molecular flexibility index (Phi) is 4.68. The highest BCUT2D eigenvalue weighted by Gasteiger charge is 2.18. The maximum Gasteiger partial charge on any atom is 0.147 e. The van der Waals surface area contributed by atoms with Gasteiger partial charge >= 0.3 is 0 Å². The van der Waals surface area contributed by atoms with E-state index in [4.69, 9.17) is 0 Å². The molecule has 0 bridgehead atoms. The maximum atomic E-state index is 14.5. The van der Waals surface area contributed by atoms with E-state index in [9.17, 15) is 13.9 Å². The SMILES string of the molecule is Cc1cc(-c2cccc(F)c2)cc(N(C)c2c(F)ccc(O)c2C)c1C. The first kappa shape index (κ1) is 17.9. The van der Waals surface area contributed by atoms with E-state index in [0.717, 1.165) is 27.9 Å². The van der Waals surface area contributed by atoms with Gasteiger partial charge in [-0.1, -0.05) is 18.2 Å². The fourth-order valence-corrected chi connectivity index (χ4v) is 3.21. The molecule has 134 valence electrons. The second-order valence-corrected chi connectivity index (χ2v) is 6.55. The highest BCUT2D eigenvalue weighted by Crippen LogP contribution is 2.38. The van der Waals surface area contributed by atoms with Gasteiger partial charge in [0.05, 0.1) is 5.69 Å². The molecule has 0 aliphatic rings. The lowest BCUT2D eigenvalue weighted by Crippen LogP contribution is -2.15. The summed E-state index contributed by atoms with van der Waals surface area (Å²) in [6, 6.07) is 12.9. The molecule has 0 aliphatic carbocycles. The Morgan fingerprint density at radius 3 is 2.27 bits per heavy atom. The van der Waals surface area contributed by atoms with Crippen LogP contribution in [0.15, 0.2) is 48.5 Å². The number of aryl methyl sites for hydroxylation is 1. The first-order chi connectivity index (χ1) is 12.3. The van der Waals surface area contributed by atoms with Crippen LogP contribution in [0.4, 0.5) is 20.2 Å². The van der Waals surface area contributed by atoms with Gasteiger partial charge in [0.15, 0.2) is 0 Å². The van der Waals surface area contributed by atoms with Gasteiger partial charge in [-0.05, 0) is 73.4 Å². The Hall–Kier alpha value is -2.88. The largest absolute Gasteiger partial charge is 0.508 e. The zero-order chi connectivity index (χ0) is 19.0. The van der Waals surface area contributed by atoms with Crippen LogP contribution in [0.5, 0.6) is 5.75 Å². The summed E-state index contributed by atoms with van der Waals surface area (Å²) in [5.74, 6) is -0.662. The predicted molar refractivity (Wildman–Crippen MR) is 102 cm³/mol. The molecule has 0 aromatic heterocycles. The lowest BCUT2D eigenvalue weighted by atomic mass is 9.97. The quantitative estimate of drug-likeness (QED) is 0.621. The van der Waals surface area contributed by atoms with Gasteiger partial charge in [-0.25, -0.2) is 8.78 Å². The van der Waals surface area contributed by atoms with Crippen molar-refractivity contribution in [1.29, 1.82) is 0 Å². The minimum Gasteiger partial charge on any atom is -0.508 e. The highest BCUT2D eigenvalue weighted by molar-refractivity contribution is 5.77. The molecular formula is C22H21F2NO. The second kappa shape index (κ2) is 6.79. The zero-order valence-corrected chi connectivity index (χ0v) is 15.3. The molecule has 3 rings (SSSR count). The fraction of sp³-hybridized carbons (Fsp3) is 0.182. The standard InChI is InChI=1S/C22H21F2NO/c1-13-10-17(16-6-5-7-18(23)11-16)12-20(14(13)2)25(4)22-15(3)21(26)9-8-19(22)24/h5-12,26H,1-4H3. The van der Waals surface area contributed by atoms with E-state index in [1.165, 1.54) is 24.3 Å². The lowest BCUT2D eigenvalue weighted by molar-refractivity contribution is 0.469. The molecule has 0 amide bonds. The molecule has 0 fully saturated rings. The first-order valence-electron chi connectivity index (χ1n) is 8.38. The number of halogens is 2. The molecule has 3 aromatic rings. The molecule has 0 saturated heterocycles. The summed E-state index contributed by atoms with van der Waals surface area (Å²) in [5, 5.41) is 9.97. The number of hydrogen-bond acceptors (Lipinski definition) is 2. The summed E-state index contributed by atoms with van der Waals surface area (Å²) in [6.07, 6.45) is 0. The van der Waals surface area contributed by atoms with Crippen molar-refractivity contribution in [3.05, 3.63) is 76.9 Å². The molecule has 1 N–H and O–H groups in total. The zero-order valence-electron chi connectivity index (χ0n) is 15.3. The number of nitrogens with zero attached hydrogens (tertiary/aromatic N) is 1. The average Bonchev–Trinajstić information content (AvgIpc) is 2.60. The maximum absolute atomic E-state index is 14.5. The fourth-order valence-electron chi connectivity index (χ4n) is 3.21. The molecule has 0 spiro atoms. The van der Waals surface area contributed by atoms with Crippen molar-refractivity contribution in [2.24, 2.45) is 0 Å². The normalized spacial score (nSPS) is 10.8. The van der Waals surface area contributed by atoms with Crippen molar-refractivity contribution in [3.8, 4) is 16.9 Å². The van der Waals surface area contributed by atoms with Crippen LogP contribution in [-0.2, 0) is 0 Å². The third-order valence-corrected chi connectivity index (χ3v) is 4.85. The van der Waals surface area contributed by atoms with Crippen LogP contribution >= 0.6 is 0 Å². The van der Waals surface area contributed by atoms with E-state index in [0.29, 0.717) is 11.3 Å². The van der Waals surface area contributed by atoms with Crippen LogP contribution < -0.4 is 4.90 Å². The lowest BCUT2D eigenvalue weighted by Gasteiger charge is -2.26. The van der Waals surface area contributed by atoms with E-state index in [1.807, 2.05) is 32.0 Å². The first-order valence-corrected chi connectivity index (χ1v) is 8.38. The van der Waals surface area contributed by atoms with E-state index in [1.54, 1.807) is 24.9 Å². The predicted octanol–water partition coefficient (Wildman–Crippen LogP) is 6.03. The Morgan fingerprint density at radius 1 is 0.846 bits per heavy atom. The van der Waals surface area contributed by atoms with Crippen LogP contribution in [0.1, 0.15) is 16.7 Å². The molecular weight excluding hydrogens is 332 g/mol. The van der Waals surface area contributed by atoms with Crippen LogP contribution in [0, 0.1) is 32.4 Å². The number of benzene rings is 3. The number of aromatic hydroxyl groups is 1. The smallest absolute Gasteiger partial charge is 0.147 e. The monoisotopic (exact) mass is 353 g/mol.